The lowest BCUT2D eigenvalue weighted by Crippen LogP contribution is -2.42. The summed E-state index contributed by atoms with van der Waals surface area (Å²) in [5, 5.41) is 14.2. The first-order valence-corrected chi connectivity index (χ1v) is 7.03. The molecule has 2 amide bonds. The molecule has 1 aromatic rings. The van der Waals surface area contributed by atoms with Crippen molar-refractivity contribution >= 4 is 17.7 Å². The van der Waals surface area contributed by atoms with Gasteiger partial charge in [-0.15, -0.1) is 0 Å². The SMILES string of the molecule is CC[C@H](NC(=O)Nc1cccc2c1CCCC2)C(=O)O. The Morgan fingerprint density at radius 1 is 1.30 bits per heavy atom. The van der Waals surface area contributed by atoms with Crippen LogP contribution in [0.4, 0.5) is 10.5 Å². The van der Waals surface area contributed by atoms with Crippen molar-refractivity contribution < 1.29 is 14.7 Å². The van der Waals surface area contributed by atoms with Crippen LogP contribution in [0.3, 0.4) is 0 Å². The Balaban J connectivity index is 2.06. The summed E-state index contributed by atoms with van der Waals surface area (Å²) in [6.45, 7) is 1.73. The molecule has 0 bridgehead atoms. The molecule has 0 saturated carbocycles. The Bertz CT molecular complexity index is 514. The van der Waals surface area contributed by atoms with Crippen LogP contribution in [0.15, 0.2) is 18.2 Å². The van der Waals surface area contributed by atoms with Crippen LogP contribution in [0.5, 0.6) is 0 Å². The Morgan fingerprint density at radius 2 is 2.05 bits per heavy atom. The average Bonchev–Trinajstić information content (AvgIpc) is 2.45. The smallest absolute Gasteiger partial charge is 0.326 e. The predicted octanol–water partition coefficient (Wildman–Crippen LogP) is 2.55. The molecule has 5 nitrogen and oxygen atoms in total. The number of amides is 2. The average molecular weight is 276 g/mol. The lowest BCUT2D eigenvalue weighted by atomic mass is 9.90. The number of urea groups is 1. The molecule has 20 heavy (non-hydrogen) atoms. The minimum absolute atomic E-state index is 0.357. The molecule has 0 aromatic heterocycles. The van der Waals surface area contributed by atoms with Gasteiger partial charge in [-0.3, -0.25) is 0 Å². The van der Waals surface area contributed by atoms with Crippen LogP contribution in [-0.4, -0.2) is 23.1 Å². The van der Waals surface area contributed by atoms with Crippen molar-refractivity contribution in [2.75, 3.05) is 5.32 Å². The fourth-order valence-electron chi connectivity index (χ4n) is 2.55. The molecule has 5 heteroatoms. The molecule has 0 saturated heterocycles. The number of benzene rings is 1. The largest absolute Gasteiger partial charge is 0.480 e. The van der Waals surface area contributed by atoms with E-state index in [0.29, 0.717) is 6.42 Å². The lowest BCUT2D eigenvalue weighted by molar-refractivity contribution is -0.139. The van der Waals surface area contributed by atoms with Crippen molar-refractivity contribution in [2.24, 2.45) is 0 Å². The topological polar surface area (TPSA) is 78.4 Å². The summed E-state index contributed by atoms with van der Waals surface area (Å²) in [4.78, 5) is 22.8. The lowest BCUT2D eigenvalue weighted by Gasteiger charge is -2.20. The molecule has 0 unspecified atom stereocenters. The third-order valence-electron chi connectivity index (χ3n) is 3.66. The number of rotatable bonds is 4. The number of hydrogen-bond donors (Lipinski definition) is 3. The van der Waals surface area contributed by atoms with Crippen LogP contribution >= 0.6 is 0 Å². The van der Waals surface area contributed by atoms with Crippen LogP contribution in [-0.2, 0) is 17.6 Å². The van der Waals surface area contributed by atoms with Gasteiger partial charge in [0.15, 0.2) is 0 Å². The monoisotopic (exact) mass is 276 g/mol. The first kappa shape index (κ1) is 14.4. The summed E-state index contributed by atoms with van der Waals surface area (Å²) in [5.41, 5.74) is 3.25. The van der Waals surface area contributed by atoms with Gasteiger partial charge in [0.25, 0.3) is 0 Å². The van der Waals surface area contributed by atoms with Gasteiger partial charge in [-0.25, -0.2) is 9.59 Å². The Labute approximate surface area is 118 Å². The van der Waals surface area contributed by atoms with Crippen molar-refractivity contribution in [1.29, 1.82) is 0 Å². The number of aryl methyl sites for hydroxylation is 1. The fraction of sp³-hybridized carbons (Fsp3) is 0.467. The van der Waals surface area contributed by atoms with Crippen molar-refractivity contribution in [3.8, 4) is 0 Å². The van der Waals surface area contributed by atoms with Crippen molar-refractivity contribution in [3.63, 3.8) is 0 Å². The third kappa shape index (κ3) is 3.29. The van der Waals surface area contributed by atoms with E-state index in [0.717, 1.165) is 24.9 Å². The quantitative estimate of drug-likeness (QED) is 0.790. The zero-order valence-electron chi connectivity index (χ0n) is 11.6. The summed E-state index contributed by atoms with van der Waals surface area (Å²) in [6.07, 6.45) is 4.66. The zero-order valence-corrected chi connectivity index (χ0v) is 11.6. The van der Waals surface area contributed by atoms with Crippen molar-refractivity contribution in [1.82, 2.24) is 5.32 Å². The fourth-order valence-corrected chi connectivity index (χ4v) is 2.55. The maximum atomic E-state index is 11.9. The highest BCUT2D eigenvalue weighted by molar-refractivity contribution is 5.93. The van der Waals surface area contributed by atoms with E-state index in [-0.39, 0.29) is 0 Å². The molecule has 0 aliphatic heterocycles. The maximum absolute atomic E-state index is 11.9. The Hall–Kier alpha value is -2.04. The van der Waals surface area contributed by atoms with Gasteiger partial charge in [-0.2, -0.15) is 0 Å². The molecule has 0 spiro atoms. The van der Waals surface area contributed by atoms with Crippen LogP contribution in [0.1, 0.15) is 37.3 Å². The van der Waals surface area contributed by atoms with Gasteiger partial charge in [0.2, 0.25) is 0 Å². The summed E-state index contributed by atoms with van der Waals surface area (Å²) in [6, 6.07) is 4.57. The van der Waals surface area contributed by atoms with Crippen molar-refractivity contribution in [3.05, 3.63) is 29.3 Å². The molecule has 1 atom stereocenters. The molecule has 0 fully saturated rings. The van der Waals surface area contributed by atoms with Crippen molar-refractivity contribution in [2.45, 2.75) is 45.1 Å². The molecule has 1 aliphatic carbocycles. The van der Waals surface area contributed by atoms with Gasteiger partial charge in [0.1, 0.15) is 6.04 Å². The molecule has 2 rings (SSSR count). The summed E-state index contributed by atoms with van der Waals surface area (Å²) in [5.74, 6) is -1.02. The first-order chi connectivity index (χ1) is 9.61. The number of hydrogen-bond acceptors (Lipinski definition) is 2. The number of carboxylic acids is 1. The zero-order chi connectivity index (χ0) is 14.5. The third-order valence-corrected chi connectivity index (χ3v) is 3.66. The normalized spacial score (nSPS) is 15.1. The second kappa shape index (κ2) is 6.41. The first-order valence-electron chi connectivity index (χ1n) is 7.03. The Kier molecular flexibility index (Phi) is 4.61. The molecule has 0 radical (unpaired) electrons. The van der Waals surface area contributed by atoms with Gasteiger partial charge in [-0.05, 0) is 49.3 Å². The van der Waals surface area contributed by atoms with Gasteiger partial charge in [0.05, 0.1) is 0 Å². The number of nitrogens with one attached hydrogen (secondary N) is 2. The highest BCUT2D eigenvalue weighted by atomic mass is 16.4. The molecular formula is C15H20N2O3. The highest BCUT2D eigenvalue weighted by Gasteiger charge is 2.19. The van der Waals surface area contributed by atoms with Gasteiger partial charge < -0.3 is 15.7 Å². The van der Waals surface area contributed by atoms with Crippen LogP contribution < -0.4 is 10.6 Å². The van der Waals surface area contributed by atoms with E-state index < -0.39 is 18.0 Å². The second-order valence-corrected chi connectivity index (χ2v) is 5.05. The van der Waals surface area contributed by atoms with Crippen LogP contribution in [0.2, 0.25) is 0 Å². The number of carbonyl (C=O) groups is 2. The van der Waals surface area contributed by atoms with Crippen LogP contribution in [0.25, 0.3) is 0 Å². The summed E-state index contributed by atoms with van der Waals surface area (Å²) < 4.78 is 0. The number of carbonyl (C=O) groups excluding carboxylic acids is 1. The number of fused-ring (bicyclic) bond motifs is 1. The van der Waals surface area contributed by atoms with E-state index in [2.05, 4.69) is 16.7 Å². The van der Waals surface area contributed by atoms with E-state index in [1.807, 2.05) is 12.1 Å². The molecule has 1 aliphatic rings. The van der Waals surface area contributed by atoms with E-state index >= 15 is 0 Å². The van der Waals surface area contributed by atoms with Crippen LogP contribution in [0, 0.1) is 0 Å². The molecule has 3 N–H and O–H groups in total. The number of carboxylic acid groups (broad SMARTS) is 1. The van der Waals surface area contributed by atoms with Gasteiger partial charge in [-0.1, -0.05) is 19.1 Å². The minimum atomic E-state index is -1.02. The van der Waals surface area contributed by atoms with E-state index in [1.54, 1.807) is 6.92 Å². The summed E-state index contributed by atoms with van der Waals surface area (Å²) >= 11 is 0. The Morgan fingerprint density at radius 3 is 2.75 bits per heavy atom. The van der Waals surface area contributed by atoms with Gasteiger partial charge in [0, 0.05) is 5.69 Å². The van der Waals surface area contributed by atoms with E-state index in [4.69, 9.17) is 5.11 Å². The van der Waals surface area contributed by atoms with E-state index in [9.17, 15) is 9.59 Å². The van der Waals surface area contributed by atoms with E-state index in [1.165, 1.54) is 17.5 Å². The predicted molar refractivity (Wildman–Crippen MR) is 77.0 cm³/mol. The standard InChI is InChI=1S/C15H20N2O3/c1-2-12(14(18)19)16-15(20)17-13-9-5-7-10-6-3-4-8-11(10)13/h5,7,9,12H,2-4,6,8H2,1H3,(H,18,19)(H2,16,17,20)/t12-/m0/s1. The van der Waals surface area contributed by atoms with Gasteiger partial charge >= 0.3 is 12.0 Å². The second-order valence-electron chi connectivity index (χ2n) is 5.05. The number of anilines is 1. The number of aliphatic carboxylic acids is 1. The summed E-state index contributed by atoms with van der Waals surface area (Å²) in [7, 11) is 0. The molecule has 108 valence electrons. The maximum Gasteiger partial charge on any atom is 0.326 e. The highest BCUT2D eigenvalue weighted by Crippen LogP contribution is 2.27. The minimum Gasteiger partial charge on any atom is -0.480 e. The molecule has 0 heterocycles. The molecular weight excluding hydrogens is 256 g/mol. The molecule has 1 aromatic carbocycles.